The summed E-state index contributed by atoms with van der Waals surface area (Å²) in [4.78, 5) is 34.0. The van der Waals surface area contributed by atoms with Crippen LogP contribution in [0.4, 0.5) is 5.95 Å². The van der Waals surface area contributed by atoms with Crippen LogP contribution in [0.15, 0.2) is 17.1 Å². The second kappa shape index (κ2) is 7.48. The van der Waals surface area contributed by atoms with Crippen LogP contribution in [0.1, 0.15) is 35.1 Å². The molecule has 2 aliphatic heterocycles. The molecule has 148 valence electrons. The van der Waals surface area contributed by atoms with Crippen LogP contribution < -0.4 is 10.5 Å². The van der Waals surface area contributed by atoms with Gasteiger partial charge in [-0.05, 0) is 31.7 Å². The SMILES string of the molecule is Cc1nc2c(c(=O)[nH]1)CC[C@@H]1CN(Cc3ccnc(N4CCSCC4)n3)C[C@H]21. The minimum atomic E-state index is 0.0551. The Morgan fingerprint density at radius 1 is 1.25 bits per heavy atom. The molecule has 2 aromatic rings. The van der Waals surface area contributed by atoms with Gasteiger partial charge in [0.1, 0.15) is 5.82 Å². The van der Waals surface area contributed by atoms with E-state index in [1.54, 1.807) is 0 Å². The average Bonchev–Trinajstić information content (AvgIpc) is 3.12. The van der Waals surface area contributed by atoms with E-state index in [0.29, 0.717) is 11.8 Å². The molecule has 0 unspecified atom stereocenters. The molecule has 0 amide bonds. The average molecular weight is 399 g/mol. The molecular weight excluding hydrogens is 372 g/mol. The van der Waals surface area contributed by atoms with E-state index >= 15 is 0 Å². The molecule has 2 fully saturated rings. The molecule has 0 spiro atoms. The number of anilines is 1. The maximum absolute atomic E-state index is 12.3. The van der Waals surface area contributed by atoms with Crippen molar-refractivity contribution in [2.75, 3.05) is 42.6 Å². The lowest BCUT2D eigenvalue weighted by Gasteiger charge is -2.26. The first-order valence-electron chi connectivity index (χ1n) is 10.1. The van der Waals surface area contributed by atoms with E-state index < -0.39 is 0 Å². The molecule has 1 aliphatic carbocycles. The second-order valence-corrected chi connectivity index (χ2v) is 9.29. The van der Waals surface area contributed by atoms with E-state index in [1.807, 2.05) is 30.9 Å². The van der Waals surface area contributed by atoms with Crippen molar-refractivity contribution in [1.82, 2.24) is 24.8 Å². The van der Waals surface area contributed by atoms with Gasteiger partial charge in [0.15, 0.2) is 0 Å². The predicted molar refractivity (Wildman–Crippen MR) is 111 cm³/mol. The van der Waals surface area contributed by atoms with E-state index in [2.05, 4.69) is 19.8 Å². The molecule has 0 radical (unpaired) electrons. The smallest absolute Gasteiger partial charge is 0.254 e. The lowest BCUT2D eigenvalue weighted by atomic mass is 9.80. The molecule has 0 bridgehead atoms. The summed E-state index contributed by atoms with van der Waals surface area (Å²) in [6, 6.07) is 2.03. The van der Waals surface area contributed by atoms with Crippen molar-refractivity contribution in [3.8, 4) is 0 Å². The monoisotopic (exact) mass is 398 g/mol. The Kier molecular flexibility index (Phi) is 4.84. The zero-order chi connectivity index (χ0) is 19.1. The third kappa shape index (κ3) is 3.43. The number of nitrogens with zero attached hydrogens (tertiary/aromatic N) is 5. The first-order valence-corrected chi connectivity index (χ1v) is 11.3. The maximum Gasteiger partial charge on any atom is 0.254 e. The first kappa shape index (κ1) is 18.1. The van der Waals surface area contributed by atoms with E-state index in [4.69, 9.17) is 9.97 Å². The van der Waals surface area contributed by atoms with Gasteiger partial charge in [-0.25, -0.2) is 15.0 Å². The number of hydrogen-bond acceptors (Lipinski definition) is 7. The van der Waals surface area contributed by atoms with Crippen LogP contribution in [-0.4, -0.2) is 62.5 Å². The normalized spacial score (nSPS) is 24.8. The number of rotatable bonds is 3. The molecular formula is C20H26N6OS. The number of H-pyrrole nitrogens is 1. The van der Waals surface area contributed by atoms with E-state index in [1.165, 1.54) is 0 Å². The van der Waals surface area contributed by atoms with Gasteiger partial charge in [0.05, 0.1) is 11.4 Å². The Balaban J connectivity index is 1.32. The zero-order valence-corrected chi connectivity index (χ0v) is 17.0. The topological polar surface area (TPSA) is 78.0 Å². The fraction of sp³-hybridized carbons (Fsp3) is 0.600. The Hall–Kier alpha value is -1.93. The minimum absolute atomic E-state index is 0.0551. The van der Waals surface area contributed by atoms with Crippen molar-refractivity contribution in [3.63, 3.8) is 0 Å². The van der Waals surface area contributed by atoms with Gasteiger partial charge in [0, 0.05) is 61.9 Å². The number of hydrogen-bond donors (Lipinski definition) is 1. The third-order valence-corrected chi connectivity index (χ3v) is 7.12. The number of thioether (sulfide) groups is 1. The highest BCUT2D eigenvalue weighted by atomic mass is 32.2. The molecule has 3 aliphatic rings. The van der Waals surface area contributed by atoms with Gasteiger partial charge < -0.3 is 9.88 Å². The highest BCUT2D eigenvalue weighted by Gasteiger charge is 2.39. The molecule has 1 N–H and O–H groups in total. The Morgan fingerprint density at radius 2 is 2.11 bits per heavy atom. The number of likely N-dealkylation sites (tertiary alicyclic amines) is 1. The van der Waals surface area contributed by atoms with Crippen LogP contribution in [0.3, 0.4) is 0 Å². The van der Waals surface area contributed by atoms with Crippen molar-refractivity contribution in [2.24, 2.45) is 5.92 Å². The van der Waals surface area contributed by atoms with Gasteiger partial charge in [-0.2, -0.15) is 11.8 Å². The molecule has 2 saturated heterocycles. The maximum atomic E-state index is 12.3. The summed E-state index contributed by atoms with van der Waals surface area (Å²) < 4.78 is 0. The molecule has 7 nitrogen and oxygen atoms in total. The van der Waals surface area contributed by atoms with Crippen LogP contribution in [0, 0.1) is 12.8 Å². The molecule has 2 aromatic heterocycles. The van der Waals surface area contributed by atoms with Crippen LogP contribution in [-0.2, 0) is 13.0 Å². The summed E-state index contributed by atoms with van der Waals surface area (Å²) in [5, 5.41) is 0. The lowest BCUT2D eigenvalue weighted by molar-refractivity contribution is 0.310. The molecule has 0 aromatic carbocycles. The fourth-order valence-corrected chi connectivity index (χ4v) is 5.72. The van der Waals surface area contributed by atoms with Crippen molar-refractivity contribution in [1.29, 1.82) is 0 Å². The van der Waals surface area contributed by atoms with Crippen LogP contribution >= 0.6 is 11.8 Å². The summed E-state index contributed by atoms with van der Waals surface area (Å²) in [5.41, 5.74) is 3.08. The van der Waals surface area contributed by atoms with E-state index in [-0.39, 0.29) is 5.56 Å². The molecule has 28 heavy (non-hydrogen) atoms. The molecule has 4 heterocycles. The van der Waals surface area contributed by atoms with Gasteiger partial charge in [0.2, 0.25) is 5.95 Å². The van der Waals surface area contributed by atoms with Crippen LogP contribution in [0.5, 0.6) is 0 Å². The summed E-state index contributed by atoms with van der Waals surface area (Å²) in [5.74, 6) is 4.83. The molecule has 0 saturated carbocycles. The predicted octanol–water partition coefficient (Wildman–Crippen LogP) is 1.58. The van der Waals surface area contributed by atoms with Gasteiger partial charge >= 0.3 is 0 Å². The zero-order valence-electron chi connectivity index (χ0n) is 16.2. The molecule has 8 heteroatoms. The summed E-state index contributed by atoms with van der Waals surface area (Å²) >= 11 is 2.00. The second-order valence-electron chi connectivity index (χ2n) is 8.06. The lowest BCUT2D eigenvalue weighted by Crippen LogP contribution is -2.34. The third-order valence-electron chi connectivity index (χ3n) is 6.18. The summed E-state index contributed by atoms with van der Waals surface area (Å²) in [6.07, 6.45) is 3.81. The van der Waals surface area contributed by atoms with E-state index in [9.17, 15) is 4.79 Å². The summed E-state index contributed by atoms with van der Waals surface area (Å²) in [7, 11) is 0. The number of aryl methyl sites for hydroxylation is 1. The Bertz CT molecular complexity index is 925. The fourth-order valence-electron chi connectivity index (χ4n) is 4.82. The Morgan fingerprint density at radius 3 is 2.96 bits per heavy atom. The van der Waals surface area contributed by atoms with Crippen LogP contribution in [0.25, 0.3) is 0 Å². The van der Waals surface area contributed by atoms with Gasteiger partial charge in [-0.1, -0.05) is 0 Å². The highest BCUT2D eigenvalue weighted by molar-refractivity contribution is 7.99. The van der Waals surface area contributed by atoms with Gasteiger partial charge in [-0.15, -0.1) is 0 Å². The summed E-state index contributed by atoms with van der Waals surface area (Å²) in [6.45, 7) is 6.77. The number of fused-ring (bicyclic) bond motifs is 3. The molecule has 2 atom stereocenters. The minimum Gasteiger partial charge on any atom is -0.339 e. The highest BCUT2D eigenvalue weighted by Crippen LogP contribution is 2.39. The standard InChI is InChI=1S/C20H26N6OS/c1-13-22-18-16(19(27)23-13)3-2-14-10-25(12-17(14)18)11-15-4-5-21-20(24-15)26-6-8-28-9-7-26/h4-5,14,17H,2-3,6-12H2,1H3,(H,22,23,27)/t14-,17+/m1/s1. The number of nitrogens with one attached hydrogen (secondary N) is 1. The quantitative estimate of drug-likeness (QED) is 0.841. The first-order chi connectivity index (χ1) is 13.7. The van der Waals surface area contributed by atoms with Gasteiger partial charge in [0.25, 0.3) is 5.56 Å². The van der Waals surface area contributed by atoms with Crippen molar-refractivity contribution in [2.45, 2.75) is 32.2 Å². The van der Waals surface area contributed by atoms with E-state index in [0.717, 1.165) is 85.8 Å². The van der Waals surface area contributed by atoms with Crippen molar-refractivity contribution < 1.29 is 0 Å². The van der Waals surface area contributed by atoms with Crippen molar-refractivity contribution >= 4 is 17.7 Å². The van der Waals surface area contributed by atoms with Crippen molar-refractivity contribution in [3.05, 3.63) is 45.4 Å². The largest absolute Gasteiger partial charge is 0.339 e. The molecule has 5 rings (SSSR count). The Labute approximate surface area is 169 Å². The van der Waals surface area contributed by atoms with Crippen LogP contribution in [0.2, 0.25) is 0 Å². The van der Waals surface area contributed by atoms with Gasteiger partial charge in [-0.3, -0.25) is 9.69 Å². The number of aromatic amines is 1. The number of aromatic nitrogens is 4.